The van der Waals surface area contributed by atoms with Gasteiger partial charge in [-0.2, -0.15) is 0 Å². The summed E-state index contributed by atoms with van der Waals surface area (Å²) >= 11 is 0. The van der Waals surface area contributed by atoms with Gasteiger partial charge in [-0.3, -0.25) is 0 Å². The highest BCUT2D eigenvalue weighted by molar-refractivity contribution is 6.11. The Labute approximate surface area is 314 Å². The molecule has 12 rings (SSSR count). The maximum atomic E-state index is 2.48. The van der Waals surface area contributed by atoms with E-state index >= 15 is 0 Å². The van der Waals surface area contributed by atoms with Crippen LogP contribution in [0.3, 0.4) is 0 Å². The Bertz CT molecular complexity index is 3150. The normalized spacial score (nSPS) is 15.1. The molecule has 1 aromatic heterocycles. The Morgan fingerprint density at radius 3 is 1.63 bits per heavy atom. The lowest BCUT2D eigenvalue weighted by Crippen LogP contribution is -2.25. The molecule has 0 N–H and O–H groups in total. The van der Waals surface area contributed by atoms with Crippen LogP contribution in [-0.4, -0.2) is 4.57 Å². The lowest BCUT2D eigenvalue weighted by Gasteiger charge is -2.30. The van der Waals surface area contributed by atoms with Crippen LogP contribution >= 0.6 is 0 Å². The highest BCUT2D eigenvalue weighted by atomic mass is 15.0. The monoisotopic (exact) mass is 683 g/mol. The van der Waals surface area contributed by atoms with Crippen LogP contribution in [-0.2, 0) is 5.41 Å². The molecule has 0 aliphatic heterocycles. The largest absolute Gasteiger partial charge is 0.309 e. The Morgan fingerprint density at radius 2 is 0.833 bits per heavy atom. The SMILES string of the molecule is c1ccc(-c2ccc3c(c2)-c2ccccc2C32c3ccc(-c4ccc5c(c4)c4ccccc4n5-c4ccccc4)cc3-c3cc4ccccc4cc32)cc1. The first-order chi connectivity index (χ1) is 26.8. The van der Waals surface area contributed by atoms with E-state index in [9.17, 15) is 0 Å². The third kappa shape index (κ3) is 3.93. The van der Waals surface area contributed by atoms with Crippen LogP contribution in [0, 0.1) is 0 Å². The van der Waals surface area contributed by atoms with Gasteiger partial charge in [0.25, 0.3) is 0 Å². The van der Waals surface area contributed by atoms with E-state index in [2.05, 4.69) is 205 Å². The quantitative estimate of drug-likeness (QED) is 0.175. The van der Waals surface area contributed by atoms with E-state index in [1.807, 2.05) is 0 Å². The van der Waals surface area contributed by atoms with Gasteiger partial charge in [-0.25, -0.2) is 0 Å². The fraction of sp³-hybridized carbons (Fsp3) is 0.0189. The van der Waals surface area contributed by atoms with Gasteiger partial charge in [0.05, 0.1) is 16.4 Å². The molecule has 9 aromatic carbocycles. The zero-order valence-electron chi connectivity index (χ0n) is 29.5. The molecule has 250 valence electrons. The predicted molar refractivity (Wildman–Crippen MR) is 225 cm³/mol. The standard InChI is InChI=1S/C53H33N/c1-3-13-34(14-4-1)37-23-26-48-43(30-37)41-19-9-11-21-47(41)53(48)49-27-24-38(31-44(49)45-29-35-15-7-8-16-36(35)33-50(45)53)39-25-28-52-46(32-39)42-20-10-12-22-51(42)54(52)40-17-5-2-6-18-40/h1-33H. The molecule has 0 fully saturated rings. The van der Waals surface area contributed by atoms with E-state index in [0.29, 0.717) is 0 Å². The molecule has 1 heterocycles. The van der Waals surface area contributed by atoms with Crippen molar-refractivity contribution in [2.45, 2.75) is 5.41 Å². The molecule has 0 saturated heterocycles. The van der Waals surface area contributed by atoms with E-state index in [4.69, 9.17) is 0 Å². The van der Waals surface area contributed by atoms with Crippen LogP contribution in [0.4, 0.5) is 0 Å². The van der Waals surface area contributed by atoms with Crippen LogP contribution in [0.5, 0.6) is 0 Å². The second kappa shape index (κ2) is 11.0. The Kier molecular flexibility index (Phi) is 6.04. The second-order valence-electron chi connectivity index (χ2n) is 14.8. The van der Waals surface area contributed by atoms with Gasteiger partial charge in [-0.1, -0.05) is 146 Å². The van der Waals surface area contributed by atoms with Crippen LogP contribution in [0.1, 0.15) is 22.3 Å². The lowest BCUT2D eigenvalue weighted by atomic mass is 9.70. The molecule has 2 aliphatic carbocycles. The van der Waals surface area contributed by atoms with E-state index in [-0.39, 0.29) is 0 Å². The van der Waals surface area contributed by atoms with Crippen molar-refractivity contribution in [3.8, 4) is 50.2 Å². The number of para-hydroxylation sites is 2. The summed E-state index contributed by atoms with van der Waals surface area (Å²) in [4.78, 5) is 0. The summed E-state index contributed by atoms with van der Waals surface area (Å²) in [5.41, 5.74) is 18.9. The fourth-order valence-corrected chi connectivity index (χ4v) is 9.87. The first-order valence-electron chi connectivity index (χ1n) is 18.8. The molecular formula is C53H33N. The van der Waals surface area contributed by atoms with Crippen LogP contribution in [0.25, 0.3) is 82.8 Å². The average molecular weight is 684 g/mol. The van der Waals surface area contributed by atoms with Crippen molar-refractivity contribution < 1.29 is 0 Å². The maximum absolute atomic E-state index is 2.48. The minimum atomic E-state index is -0.415. The van der Waals surface area contributed by atoms with Crippen molar-refractivity contribution in [2.24, 2.45) is 0 Å². The Balaban J connectivity index is 1.11. The van der Waals surface area contributed by atoms with Gasteiger partial charge in [0, 0.05) is 16.5 Å². The number of hydrogen-bond donors (Lipinski definition) is 0. The van der Waals surface area contributed by atoms with Crippen molar-refractivity contribution in [3.63, 3.8) is 0 Å². The molecule has 1 atom stereocenters. The van der Waals surface area contributed by atoms with Crippen LogP contribution in [0.15, 0.2) is 200 Å². The average Bonchev–Trinajstić information content (AvgIpc) is 3.84. The van der Waals surface area contributed by atoms with Gasteiger partial charge in [0.2, 0.25) is 0 Å². The van der Waals surface area contributed by atoms with Crippen molar-refractivity contribution in [1.29, 1.82) is 0 Å². The number of nitrogens with zero attached hydrogens (tertiary/aromatic N) is 1. The number of benzene rings is 9. The number of hydrogen-bond acceptors (Lipinski definition) is 0. The molecule has 1 heteroatoms. The molecule has 2 aliphatic rings. The number of aromatic nitrogens is 1. The number of rotatable bonds is 3. The first kappa shape index (κ1) is 29.6. The highest BCUT2D eigenvalue weighted by Crippen LogP contribution is 2.64. The van der Waals surface area contributed by atoms with Crippen molar-refractivity contribution in [2.75, 3.05) is 0 Å². The third-order valence-corrected chi connectivity index (χ3v) is 12.2. The zero-order valence-corrected chi connectivity index (χ0v) is 29.5. The molecule has 0 amide bonds. The summed E-state index contributed by atoms with van der Waals surface area (Å²) in [6.07, 6.45) is 0. The molecule has 10 aromatic rings. The van der Waals surface area contributed by atoms with Crippen molar-refractivity contribution in [3.05, 3.63) is 222 Å². The summed E-state index contributed by atoms with van der Waals surface area (Å²) in [7, 11) is 0. The Morgan fingerprint density at radius 1 is 0.296 bits per heavy atom. The van der Waals surface area contributed by atoms with Gasteiger partial charge in [0.15, 0.2) is 0 Å². The van der Waals surface area contributed by atoms with E-state index < -0.39 is 5.41 Å². The topological polar surface area (TPSA) is 4.93 Å². The second-order valence-corrected chi connectivity index (χ2v) is 14.8. The molecule has 1 nitrogen and oxygen atoms in total. The maximum Gasteiger partial charge on any atom is 0.0725 e. The fourth-order valence-electron chi connectivity index (χ4n) is 9.87. The van der Waals surface area contributed by atoms with E-state index in [1.54, 1.807) is 0 Å². The van der Waals surface area contributed by atoms with Crippen LogP contribution in [0.2, 0.25) is 0 Å². The van der Waals surface area contributed by atoms with Crippen molar-refractivity contribution >= 4 is 32.6 Å². The van der Waals surface area contributed by atoms with Gasteiger partial charge in [0.1, 0.15) is 0 Å². The molecule has 54 heavy (non-hydrogen) atoms. The molecule has 1 spiro atoms. The molecule has 0 saturated carbocycles. The van der Waals surface area contributed by atoms with Gasteiger partial charge in [-0.05, 0) is 132 Å². The smallest absolute Gasteiger partial charge is 0.0725 e. The summed E-state index contributed by atoms with van der Waals surface area (Å²) in [6, 6.07) is 74.6. The predicted octanol–water partition coefficient (Wildman–Crippen LogP) is 13.6. The van der Waals surface area contributed by atoms with Gasteiger partial charge < -0.3 is 4.57 Å². The van der Waals surface area contributed by atoms with Crippen molar-refractivity contribution in [1.82, 2.24) is 4.57 Å². The summed E-state index contributed by atoms with van der Waals surface area (Å²) in [5, 5.41) is 5.08. The third-order valence-electron chi connectivity index (χ3n) is 12.2. The minimum absolute atomic E-state index is 0.415. The van der Waals surface area contributed by atoms with Gasteiger partial charge in [-0.15, -0.1) is 0 Å². The first-order valence-corrected chi connectivity index (χ1v) is 18.8. The summed E-state index contributed by atoms with van der Waals surface area (Å²) < 4.78 is 2.39. The van der Waals surface area contributed by atoms with E-state index in [0.717, 1.165) is 0 Å². The molecule has 0 bridgehead atoms. The molecule has 1 unspecified atom stereocenters. The van der Waals surface area contributed by atoms with Gasteiger partial charge >= 0.3 is 0 Å². The molecular weight excluding hydrogens is 651 g/mol. The number of fused-ring (bicyclic) bond motifs is 14. The lowest BCUT2D eigenvalue weighted by molar-refractivity contribution is 0.795. The summed E-state index contributed by atoms with van der Waals surface area (Å²) in [6.45, 7) is 0. The summed E-state index contributed by atoms with van der Waals surface area (Å²) in [5.74, 6) is 0. The highest BCUT2D eigenvalue weighted by Gasteiger charge is 2.51. The van der Waals surface area contributed by atoms with Crippen LogP contribution < -0.4 is 0 Å². The minimum Gasteiger partial charge on any atom is -0.309 e. The molecule has 0 radical (unpaired) electrons. The van der Waals surface area contributed by atoms with E-state index in [1.165, 1.54) is 105 Å². The Hall–Kier alpha value is -6.96. The zero-order chi connectivity index (χ0) is 35.4.